The van der Waals surface area contributed by atoms with E-state index in [1.165, 1.54) is 0 Å². The topological polar surface area (TPSA) is 58.2 Å². The number of hydrogen-bond acceptors (Lipinski definition) is 3. The zero-order valence-corrected chi connectivity index (χ0v) is 12.0. The maximum Gasteiger partial charge on any atom is 0.243 e. The van der Waals surface area contributed by atoms with Crippen molar-refractivity contribution >= 4 is 22.4 Å². The molecule has 1 heterocycles. The first-order chi connectivity index (χ1) is 8.92. The van der Waals surface area contributed by atoms with Crippen molar-refractivity contribution < 1.29 is 21.6 Å². The van der Waals surface area contributed by atoms with E-state index in [0.29, 0.717) is 12.1 Å². The Morgan fingerprint density at radius 1 is 1.25 bits per heavy atom. The molecule has 1 unspecified atom stereocenters. The maximum atomic E-state index is 13.4. The molecule has 9 heteroatoms. The third-order valence-electron chi connectivity index (χ3n) is 2.97. The Kier molecular flexibility index (Phi) is 5.81. The molecule has 1 saturated heterocycles. The van der Waals surface area contributed by atoms with Gasteiger partial charge in [-0.1, -0.05) is 0 Å². The molecule has 114 valence electrons. The summed E-state index contributed by atoms with van der Waals surface area (Å²) in [4.78, 5) is -0.885. The van der Waals surface area contributed by atoms with E-state index in [-0.39, 0.29) is 25.0 Å². The highest BCUT2D eigenvalue weighted by Gasteiger charge is 2.25. The zero-order chi connectivity index (χ0) is 14.0. The first-order valence-electron chi connectivity index (χ1n) is 5.78. The van der Waals surface area contributed by atoms with Gasteiger partial charge in [-0.05, 0) is 31.5 Å². The second kappa shape index (κ2) is 6.75. The van der Waals surface area contributed by atoms with Crippen LogP contribution in [0, 0.1) is 17.5 Å². The summed E-state index contributed by atoms with van der Waals surface area (Å²) in [7, 11) is -4.19. The van der Waals surface area contributed by atoms with Gasteiger partial charge in [-0.2, -0.15) is 0 Å². The van der Waals surface area contributed by atoms with E-state index < -0.39 is 32.4 Å². The van der Waals surface area contributed by atoms with Crippen molar-refractivity contribution in [3.05, 3.63) is 29.6 Å². The zero-order valence-electron chi connectivity index (χ0n) is 10.3. The number of benzene rings is 1. The minimum Gasteiger partial charge on any atom is -0.313 e. The normalized spacial score (nSPS) is 18.9. The van der Waals surface area contributed by atoms with Gasteiger partial charge in [0.25, 0.3) is 0 Å². The minimum absolute atomic E-state index is 0. The third kappa shape index (κ3) is 3.63. The number of nitrogens with one attached hydrogen (secondary N) is 2. The Balaban J connectivity index is 0.00000200. The lowest BCUT2D eigenvalue weighted by Gasteiger charge is -2.12. The van der Waals surface area contributed by atoms with Gasteiger partial charge in [-0.25, -0.2) is 26.3 Å². The highest BCUT2D eigenvalue weighted by Crippen LogP contribution is 2.19. The molecule has 1 aromatic rings. The highest BCUT2D eigenvalue weighted by atomic mass is 35.5. The van der Waals surface area contributed by atoms with Crippen LogP contribution in [0.25, 0.3) is 0 Å². The van der Waals surface area contributed by atoms with Crippen molar-refractivity contribution in [2.75, 3.05) is 13.1 Å². The Labute approximate surface area is 121 Å². The summed E-state index contributed by atoms with van der Waals surface area (Å²) in [5, 5.41) is 3.06. The smallest absolute Gasteiger partial charge is 0.243 e. The number of sulfonamides is 1. The van der Waals surface area contributed by atoms with E-state index in [9.17, 15) is 21.6 Å². The molecule has 0 saturated carbocycles. The van der Waals surface area contributed by atoms with Gasteiger partial charge in [0.1, 0.15) is 4.90 Å². The highest BCUT2D eigenvalue weighted by molar-refractivity contribution is 7.89. The minimum atomic E-state index is -4.19. The summed E-state index contributed by atoms with van der Waals surface area (Å²) in [6.45, 7) is 0.882. The van der Waals surface area contributed by atoms with E-state index in [4.69, 9.17) is 0 Å². The summed E-state index contributed by atoms with van der Waals surface area (Å²) >= 11 is 0. The van der Waals surface area contributed by atoms with E-state index in [1.54, 1.807) is 0 Å². The average Bonchev–Trinajstić information content (AvgIpc) is 2.86. The quantitative estimate of drug-likeness (QED) is 0.824. The van der Waals surface area contributed by atoms with E-state index >= 15 is 0 Å². The summed E-state index contributed by atoms with van der Waals surface area (Å²) in [6.07, 6.45) is 1.74. The van der Waals surface area contributed by atoms with Gasteiger partial charge in [0.05, 0.1) is 0 Å². The third-order valence-corrected chi connectivity index (χ3v) is 4.41. The van der Waals surface area contributed by atoms with Gasteiger partial charge in [-0.3, -0.25) is 0 Å². The second-order valence-corrected chi connectivity index (χ2v) is 6.05. The van der Waals surface area contributed by atoms with Crippen molar-refractivity contribution in [2.24, 2.45) is 0 Å². The fraction of sp³-hybridized carbons (Fsp3) is 0.455. The van der Waals surface area contributed by atoms with Gasteiger partial charge < -0.3 is 5.32 Å². The van der Waals surface area contributed by atoms with E-state index in [2.05, 4.69) is 10.0 Å². The van der Waals surface area contributed by atoms with Crippen molar-refractivity contribution in [2.45, 2.75) is 23.8 Å². The molecule has 0 aliphatic carbocycles. The van der Waals surface area contributed by atoms with Gasteiger partial charge in [0.2, 0.25) is 10.0 Å². The number of hydrogen-bond donors (Lipinski definition) is 2. The molecule has 1 aliphatic rings. The Morgan fingerprint density at radius 3 is 2.55 bits per heavy atom. The molecule has 20 heavy (non-hydrogen) atoms. The van der Waals surface area contributed by atoms with Crippen molar-refractivity contribution in [1.82, 2.24) is 10.0 Å². The number of halogens is 4. The molecule has 1 aliphatic heterocycles. The van der Waals surface area contributed by atoms with Gasteiger partial charge in [0.15, 0.2) is 17.5 Å². The second-order valence-electron chi connectivity index (χ2n) is 4.32. The molecule has 1 aromatic carbocycles. The van der Waals surface area contributed by atoms with Gasteiger partial charge >= 0.3 is 0 Å². The first kappa shape index (κ1) is 17.2. The first-order valence-corrected chi connectivity index (χ1v) is 7.26. The molecule has 2 N–H and O–H groups in total. The lowest BCUT2D eigenvalue weighted by molar-refractivity contribution is 0.431. The molecule has 0 spiro atoms. The summed E-state index contributed by atoms with van der Waals surface area (Å²) < 4.78 is 65.0. The van der Waals surface area contributed by atoms with Crippen LogP contribution in [0.3, 0.4) is 0 Å². The lowest BCUT2D eigenvalue weighted by Crippen LogP contribution is -2.37. The van der Waals surface area contributed by atoms with Crippen LogP contribution in [0.5, 0.6) is 0 Å². The SMILES string of the molecule is Cl.O=S(=O)(NCC1CCCN1)c1ccc(F)c(F)c1F. The van der Waals surface area contributed by atoms with Crippen LogP contribution in [0.2, 0.25) is 0 Å². The Hall–Kier alpha value is -0.830. The van der Waals surface area contributed by atoms with E-state index in [1.807, 2.05) is 0 Å². The monoisotopic (exact) mass is 330 g/mol. The van der Waals surface area contributed by atoms with Gasteiger partial charge in [0, 0.05) is 12.6 Å². The number of rotatable bonds is 4. The Morgan fingerprint density at radius 2 is 1.95 bits per heavy atom. The molecule has 0 amide bonds. The molecular weight excluding hydrogens is 317 g/mol. The van der Waals surface area contributed by atoms with Crippen LogP contribution in [0.1, 0.15) is 12.8 Å². The van der Waals surface area contributed by atoms with Crippen LogP contribution in [-0.4, -0.2) is 27.5 Å². The van der Waals surface area contributed by atoms with Crippen LogP contribution >= 0.6 is 12.4 Å². The summed E-state index contributed by atoms with van der Waals surface area (Å²) in [5.41, 5.74) is 0. The summed E-state index contributed by atoms with van der Waals surface area (Å²) in [5.74, 6) is -4.91. The predicted octanol–water partition coefficient (Wildman–Crippen LogP) is 1.56. The fourth-order valence-corrected chi connectivity index (χ4v) is 3.08. The van der Waals surface area contributed by atoms with E-state index in [0.717, 1.165) is 19.4 Å². The fourth-order valence-electron chi connectivity index (χ4n) is 1.93. The van der Waals surface area contributed by atoms with Crippen molar-refractivity contribution in [3.8, 4) is 0 Å². The molecule has 0 bridgehead atoms. The van der Waals surface area contributed by atoms with Crippen LogP contribution < -0.4 is 10.0 Å². The average molecular weight is 331 g/mol. The van der Waals surface area contributed by atoms with Crippen LogP contribution in [0.15, 0.2) is 17.0 Å². The predicted molar refractivity (Wildman–Crippen MR) is 69.8 cm³/mol. The largest absolute Gasteiger partial charge is 0.313 e. The lowest BCUT2D eigenvalue weighted by atomic mass is 10.2. The van der Waals surface area contributed by atoms with Crippen molar-refractivity contribution in [1.29, 1.82) is 0 Å². The Bertz CT molecular complexity index is 577. The molecule has 1 fully saturated rings. The maximum absolute atomic E-state index is 13.4. The standard InChI is InChI=1S/C11H13F3N2O2S.ClH/c12-8-3-4-9(11(14)10(8)13)19(17,18)16-6-7-2-1-5-15-7;/h3-4,7,15-16H,1-2,5-6H2;1H. The molecule has 0 radical (unpaired) electrons. The van der Waals surface area contributed by atoms with Gasteiger partial charge in [-0.15, -0.1) is 12.4 Å². The van der Waals surface area contributed by atoms with Crippen LogP contribution in [-0.2, 0) is 10.0 Å². The van der Waals surface area contributed by atoms with Crippen LogP contribution in [0.4, 0.5) is 13.2 Å². The molecule has 4 nitrogen and oxygen atoms in total. The van der Waals surface area contributed by atoms with Crippen molar-refractivity contribution in [3.63, 3.8) is 0 Å². The summed E-state index contributed by atoms with van der Waals surface area (Å²) in [6, 6.07) is 1.27. The molecule has 2 rings (SSSR count). The molecule has 0 aromatic heterocycles. The molecular formula is C11H14ClF3N2O2S. The molecule has 1 atom stereocenters.